The fourth-order valence-corrected chi connectivity index (χ4v) is 1.57. The van der Waals surface area contributed by atoms with Crippen LogP contribution < -0.4 is 4.74 Å². The fourth-order valence-electron chi connectivity index (χ4n) is 1.57. The normalized spacial score (nSPS) is 16.9. The first kappa shape index (κ1) is 7.79. The Morgan fingerprint density at radius 1 is 1.36 bits per heavy atom. The highest BCUT2D eigenvalue weighted by molar-refractivity contribution is 5.54. The molecule has 1 saturated carbocycles. The van der Waals surface area contributed by atoms with Gasteiger partial charge in [0, 0.05) is 12.4 Å². The first-order valence-corrected chi connectivity index (χ1v) is 4.88. The van der Waals surface area contributed by atoms with E-state index < -0.39 is 0 Å². The number of nitrogens with zero attached hydrogens (tertiary/aromatic N) is 3. The monoisotopic (exact) mass is 189 g/mol. The summed E-state index contributed by atoms with van der Waals surface area (Å²) in [7, 11) is 0. The summed E-state index contributed by atoms with van der Waals surface area (Å²) >= 11 is 0. The first-order chi connectivity index (χ1) is 6.93. The van der Waals surface area contributed by atoms with E-state index in [0.29, 0.717) is 12.0 Å². The third-order valence-corrected chi connectivity index (χ3v) is 2.62. The van der Waals surface area contributed by atoms with Crippen LogP contribution in [0.1, 0.15) is 19.3 Å². The molecule has 2 aromatic heterocycles. The van der Waals surface area contributed by atoms with Crippen molar-refractivity contribution in [2.24, 2.45) is 0 Å². The molecule has 4 heteroatoms. The summed E-state index contributed by atoms with van der Waals surface area (Å²) in [5.41, 5.74) is 0.944. The van der Waals surface area contributed by atoms with E-state index in [1.807, 2.05) is 12.3 Å². The summed E-state index contributed by atoms with van der Waals surface area (Å²) in [5, 5.41) is 4.13. The number of hydrogen-bond donors (Lipinski definition) is 0. The molecular formula is C10H11N3O. The fraction of sp³-hybridized carbons (Fsp3) is 0.400. The zero-order chi connectivity index (χ0) is 9.38. The number of ether oxygens (including phenoxy) is 1. The lowest BCUT2D eigenvalue weighted by Crippen LogP contribution is -2.25. The van der Waals surface area contributed by atoms with E-state index in [0.717, 1.165) is 18.4 Å². The average Bonchev–Trinajstić information content (AvgIpc) is 2.59. The van der Waals surface area contributed by atoms with E-state index in [9.17, 15) is 0 Å². The van der Waals surface area contributed by atoms with Crippen molar-refractivity contribution in [3.8, 4) is 5.88 Å². The average molecular weight is 189 g/mol. The molecule has 0 saturated heterocycles. The topological polar surface area (TPSA) is 39.4 Å². The molecule has 2 heterocycles. The zero-order valence-corrected chi connectivity index (χ0v) is 7.76. The lowest BCUT2D eigenvalue weighted by molar-refractivity contribution is 0.116. The second-order valence-corrected chi connectivity index (χ2v) is 3.56. The molecule has 72 valence electrons. The summed E-state index contributed by atoms with van der Waals surface area (Å²) in [4.78, 5) is 4.22. The van der Waals surface area contributed by atoms with E-state index in [-0.39, 0.29) is 0 Å². The van der Waals surface area contributed by atoms with Gasteiger partial charge in [0.25, 0.3) is 0 Å². The van der Waals surface area contributed by atoms with Crippen molar-refractivity contribution in [2.45, 2.75) is 25.4 Å². The number of rotatable bonds is 2. The Morgan fingerprint density at radius 3 is 3.07 bits per heavy atom. The van der Waals surface area contributed by atoms with E-state index in [1.165, 1.54) is 6.42 Å². The number of fused-ring (bicyclic) bond motifs is 1. The van der Waals surface area contributed by atoms with Crippen LogP contribution in [0.4, 0.5) is 0 Å². The van der Waals surface area contributed by atoms with Gasteiger partial charge in [0.2, 0.25) is 5.88 Å². The summed E-state index contributed by atoms with van der Waals surface area (Å²) in [6, 6.07) is 1.92. The van der Waals surface area contributed by atoms with Crippen molar-refractivity contribution in [2.75, 3.05) is 0 Å². The molecule has 3 rings (SSSR count). The van der Waals surface area contributed by atoms with Gasteiger partial charge >= 0.3 is 0 Å². The molecule has 0 unspecified atom stereocenters. The maximum Gasteiger partial charge on any atom is 0.240 e. The van der Waals surface area contributed by atoms with Gasteiger partial charge in [0.15, 0.2) is 0 Å². The predicted octanol–water partition coefficient (Wildman–Crippen LogP) is 1.66. The quantitative estimate of drug-likeness (QED) is 0.721. The van der Waals surface area contributed by atoms with Gasteiger partial charge in [-0.15, -0.1) is 0 Å². The minimum atomic E-state index is 0.364. The molecule has 0 aliphatic heterocycles. The molecule has 14 heavy (non-hydrogen) atoms. The maximum absolute atomic E-state index is 5.75. The van der Waals surface area contributed by atoms with Gasteiger partial charge in [-0.3, -0.25) is 0 Å². The summed E-state index contributed by atoms with van der Waals surface area (Å²) in [6.07, 6.45) is 9.23. The van der Waals surface area contributed by atoms with Crippen LogP contribution in [0.3, 0.4) is 0 Å². The van der Waals surface area contributed by atoms with Crippen molar-refractivity contribution >= 4 is 5.52 Å². The van der Waals surface area contributed by atoms with Crippen LogP contribution in [0.15, 0.2) is 24.7 Å². The molecule has 1 aliphatic carbocycles. The molecule has 0 spiro atoms. The predicted molar refractivity (Wildman–Crippen MR) is 51.3 cm³/mol. The highest BCUT2D eigenvalue weighted by Gasteiger charge is 2.20. The maximum atomic E-state index is 5.75. The Kier molecular flexibility index (Phi) is 1.65. The van der Waals surface area contributed by atoms with Gasteiger partial charge in [-0.2, -0.15) is 5.10 Å². The number of aromatic nitrogens is 3. The first-order valence-electron chi connectivity index (χ1n) is 4.88. The lowest BCUT2D eigenvalue weighted by Gasteiger charge is -2.25. The van der Waals surface area contributed by atoms with Crippen LogP contribution in [0.2, 0.25) is 0 Å². The summed E-state index contributed by atoms with van der Waals surface area (Å²) in [6.45, 7) is 0. The molecule has 0 atom stereocenters. The second-order valence-electron chi connectivity index (χ2n) is 3.56. The van der Waals surface area contributed by atoms with E-state index in [1.54, 1.807) is 16.9 Å². The molecule has 0 N–H and O–H groups in total. The van der Waals surface area contributed by atoms with E-state index in [2.05, 4.69) is 10.1 Å². The molecule has 4 nitrogen and oxygen atoms in total. The van der Waals surface area contributed by atoms with Crippen LogP contribution in [-0.4, -0.2) is 20.7 Å². The van der Waals surface area contributed by atoms with E-state index in [4.69, 9.17) is 4.74 Å². The highest BCUT2D eigenvalue weighted by Crippen LogP contribution is 2.25. The standard InChI is InChI=1S/C10H11N3O/c1-2-8(3-1)14-10-9-4-5-12-13(9)7-6-11-10/h4-8H,1-3H2. The van der Waals surface area contributed by atoms with Crippen LogP contribution in [0.25, 0.3) is 5.52 Å². The molecule has 0 amide bonds. The van der Waals surface area contributed by atoms with Crippen LogP contribution in [-0.2, 0) is 0 Å². The minimum Gasteiger partial charge on any atom is -0.473 e. The molecule has 0 bridgehead atoms. The molecule has 0 radical (unpaired) electrons. The molecule has 1 aliphatic rings. The van der Waals surface area contributed by atoms with Gasteiger partial charge in [-0.05, 0) is 25.3 Å². The third kappa shape index (κ3) is 1.14. The van der Waals surface area contributed by atoms with Gasteiger partial charge in [-0.1, -0.05) is 0 Å². The second kappa shape index (κ2) is 2.97. The van der Waals surface area contributed by atoms with Crippen LogP contribution >= 0.6 is 0 Å². The third-order valence-electron chi connectivity index (χ3n) is 2.62. The highest BCUT2D eigenvalue weighted by atomic mass is 16.5. The summed E-state index contributed by atoms with van der Waals surface area (Å²) < 4.78 is 7.53. The molecule has 0 aromatic carbocycles. The smallest absolute Gasteiger partial charge is 0.240 e. The van der Waals surface area contributed by atoms with Gasteiger partial charge < -0.3 is 4.74 Å². The Hall–Kier alpha value is -1.58. The van der Waals surface area contributed by atoms with Gasteiger partial charge in [0.05, 0.1) is 6.20 Å². The SMILES string of the molecule is c1cn2nccc2c(OC2CCC2)n1. The number of hydrogen-bond acceptors (Lipinski definition) is 3. The summed E-state index contributed by atoms with van der Waals surface area (Å²) in [5.74, 6) is 0.703. The van der Waals surface area contributed by atoms with Crippen molar-refractivity contribution in [3.05, 3.63) is 24.7 Å². The van der Waals surface area contributed by atoms with Crippen molar-refractivity contribution in [1.29, 1.82) is 0 Å². The Balaban J connectivity index is 1.97. The molecule has 1 fully saturated rings. The Morgan fingerprint density at radius 2 is 2.29 bits per heavy atom. The Bertz CT molecular complexity index is 447. The minimum absolute atomic E-state index is 0.364. The lowest BCUT2D eigenvalue weighted by atomic mass is 9.96. The molecule has 2 aromatic rings. The van der Waals surface area contributed by atoms with E-state index >= 15 is 0 Å². The van der Waals surface area contributed by atoms with Crippen molar-refractivity contribution in [1.82, 2.24) is 14.6 Å². The van der Waals surface area contributed by atoms with Crippen LogP contribution in [0, 0.1) is 0 Å². The van der Waals surface area contributed by atoms with Crippen LogP contribution in [0.5, 0.6) is 5.88 Å². The zero-order valence-electron chi connectivity index (χ0n) is 7.76. The van der Waals surface area contributed by atoms with Gasteiger partial charge in [-0.25, -0.2) is 9.50 Å². The molecular weight excluding hydrogens is 178 g/mol. The van der Waals surface area contributed by atoms with Crippen molar-refractivity contribution < 1.29 is 4.74 Å². The largest absolute Gasteiger partial charge is 0.473 e. The van der Waals surface area contributed by atoms with Gasteiger partial charge in [0.1, 0.15) is 11.6 Å². The van der Waals surface area contributed by atoms with Crippen molar-refractivity contribution in [3.63, 3.8) is 0 Å². The Labute approximate surface area is 81.5 Å².